The fourth-order valence-corrected chi connectivity index (χ4v) is 3.86. The number of amides is 1. The van der Waals surface area contributed by atoms with Gasteiger partial charge in [-0.15, -0.1) is 0 Å². The number of carbonyl (C=O) groups is 1. The summed E-state index contributed by atoms with van der Waals surface area (Å²) in [5.41, 5.74) is 0.882. The zero-order valence-electron chi connectivity index (χ0n) is 15.5. The fraction of sp³-hybridized carbons (Fsp3) is 0.500. The van der Waals surface area contributed by atoms with Crippen molar-refractivity contribution in [1.29, 1.82) is 0 Å². The highest BCUT2D eigenvalue weighted by Crippen LogP contribution is 2.30. The molecule has 27 heavy (non-hydrogen) atoms. The van der Waals surface area contributed by atoms with E-state index in [4.69, 9.17) is 9.47 Å². The Balaban J connectivity index is 1.34. The van der Waals surface area contributed by atoms with Crippen molar-refractivity contribution in [2.45, 2.75) is 38.0 Å². The molecule has 0 aliphatic carbocycles. The van der Waals surface area contributed by atoms with Crippen molar-refractivity contribution in [3.05, 3.63) is 48.5 Å². The number of benzene rings is 1. The van der Waals surface area contributed by atoms with E-state index < -0.39 is 0 Å². The smallest absolute Gasteiger partial charge is 0.407 e. The number of imidazole rings is 1. The van der Waals surface area contributed by atoms with E-state index in [1.165, 1.54) is 5.56 Å². The predicted molar refractivity (Wildman–Crippen MR) is 101 cm³/mol. The maximum Gasteiger partial charge on any atom is 0.407 e. The molecular formula is C20H26N4O3. The lowest BCUT2D eigenvalue weighted by Crippen LogP contribution is -2.34. The van der Waals surface area contributed by atoms with Gasteiger partial charge in [-0.2, -0.15) is 0 Å². The zero-order chi connectivity index (χ0) is 18.5. The number of para-hydroxylation sites is 1. The molecule has 1 spiro atoms. The van der Waals surface area contributed by atoms with Crippen LogP contribution in [0.25, 0.3) is 0 Å². The number of hydrogen-bond acceptors (Lipinski definition) is 5. The van der Waals surface area contributed by atoms with E-state index >= 15 is 0 Å². The van der Waals surface area contributed by atoms with Crippen molar-refractivity contribution in [2.75, 3.05) is 26.2 Å². The molecule has 144 valence electrons. The van der Waals surface area contributed by atoms with E-state index in [-0.39, 0.29) is 11.7 Å². The van der Waals surface area contributed by atoms with Gasteiger partial charge in [-0.3, -0.25) is 4.90 Å². The van der Waals surface area contributed by atoms with Gasteiger partial charge in [-0.1, -0.05) is 18.2 Å². The molecule has 1 aromatic carbocycles. The van der Waals surface area contributed by atoms with Gasteiger partial charge in [-0.25, -0.2) is 9.78 Å². The molecule has 0 bridgehead atoms. The Morgan fingerprint density at radius 3 is 3.00 bits per heavy atom. The van der Waals surface area contributed by atoms with Gasteiger partial charge in [0.05, 0.1) is 19.4 Å². The van der Waals surface area contributed by atoms with Crippen LogP contribution in [0.15, 0.2) is 43.0 Å². The van der Waals surface area contributed by atoms with Crippen LogP contribution in [0, 0.1) is 0 Å². The van der Waals surface area contributed by atoms with Crippen LogP contribution in [-0.2, 0) is 17.8 Å². The summed E-state index contributed by atoms with van der Waals surface area (Å²) in [6, 6.07) is 8.23. The fourth-order valence-electron chi connectivity index (χ4n) is 3.86. The molecule has 0 radical (unpaired) electrons. The Bertz CT molecular complexity index is 764. The number of nitrogens with one attached hydrogen (secondary N) is 1. The lowest BCUT2D eigenvalue weighted by Gasteiger charge is -2.25. The maximum atomic E-state index is 11.5. The number of rotatable bonds is 6. The summed E-state index contributed by atoms with van der Waals surface area (Å²) in [5, 5.41) is 2.81. The van der Waals surface area contributed by atoms with Gasteiger partial charge in [0.25, 0.3) is 0 Å². The lowest BCUT2D eigenvalue weighted by atomic mass is 9.95. The first-order valence-electron chi connectivity index (χ1n) is 9.58. The summed E-state index contributed by atoms with van der Waals surface area (Å²) in [4.78, 5) is 17.9. The Labute approximate surface area is 159 Å². The van der Waals surface area contributed by atoms with Gasteiger partial charge in [0.1, 0.15) is 18.0 Å². The molecule has 2 saturated heterocycles. The number of alkyl carbamates (subject to hydrolysis) is 1. The van der Waals surface area contributed by atoms with Crippen LogP contribution in [0.2, 0.25) is 0 Å². The summed E-state index contributed by atoms with van der Waals surface area (Å²) < 4.78 is 13.6. The van der Waals surface area contributed by atoms with Crippen LogP contribution in [0.1, 0.15) is 24.8 Å². The summed E-state index contributed by atoms with van der Waals surface area (Å²) >= 11 is 0. The molecule has 0 saturated carbocycles. The third kappa shape index (κ3) is 4.42. The van der Waals surface area contributed by atoms with Crippen molar-refractivity contribution < 1.29 is 14.3 Å². The SMILES string of the molecule is O=C1NCC2(CCCN(Cc3ccccc3OCCn3ccnc3)CC2)O1. The Morgan fingerprint density at radius 1 is 1.26 bits per heavy atom. The predicted octanol–water partition coefficient (Wildman–Crippen LogP) is 2.43. The molecule has 1 unspecified atom stereocenters. The second-order valence-corrected chi connectivity index (χ2v) is 7.31. The molecule has 1 atom stereocenters. The highest BCUT2D eigenvalue weighted by atomic mass is 16.6. The van der Waals surface area contributed by atoms with Crippen LogP contribution in [-0.4, -0.2) is 52.4 Å². The third-order valence-corrected chi connectivity index (χ3v) is 5.39. The van der Waals surface area contributed by atoms with Gasteiger partial charge < -0.3 is 19.4 Å². The van der Waals surface area contributed by atoms with E-state index in [0.29, 0.717) is 13.2 Å². The molecule has 2 fully saturated rings. The lowest BCUT2D eigenvalue weighted by molar-refractivity contribution is 0.0443. The average Bonchev–Trinajstić information content (AvgIpc) is 3.26. The highest BCUT2D eigenvalue weighted by molar-refractivity contribution is 5.70. The molecule has 2 aromatic rings. The van der Waals surface area contributed by atoms with Crippen molar-refractivity contribution in [1.82, 2.24) is 19.8 Å². The van der Waals surface area contributed by atoms with Gasteiger partial charge in [-0.05, 0) is 25.5 Å². The number of carbonyl (C=O) groups excluding carboxylic acids is 1. The van der Waals surface area contributed by atoms with Gasteiger partial charge in [0, 0.05) is 37.5 Å². The standard InChI is InChI=1S/C20H26N4O3/c25-19-22-15-20(27-19)6-3-9-23(10-7-20)14-17-4-1-2-5-18(17)26-13-12-24-11-8-21-16-24/h1-2,4-5,8,11,16H,3,6-7,9-10,12-15H2,(H,22,25). The van der Waals surface area contributed by atoms with Crippen molar-refractivity contribution >= 4 is 6.09 Å². The third-order valence-electron chi connectivity index (χ3n) is 5.39. The molecule has 2 aliphatic rings. The zero-order valence-corrected chi connectivity index (χ0v) is 15.5. The number of ether oxygens (including phenoxy) is 2. The second-order valence-electron chi connectivity index (χ2n) is 7.31. The average molecular weight is 370 g/mol. The van der Waals surface area contributed by atoms with E-state index in [1.807, 2.05) is 22.9 Å². The molecule has 1 N–H and O–H groups in total. The molecule has 7 heteroatoms. The molecule has 2 aliphatic heterocycles. The highest BCUT2D eigenvalue weighted by Gasteiger charge is 2.41. The topological polar surface area (TPSA) is 68.6 Å². The molecular weight excluding hydrogens is 344 g/mol. The van der Waals surface area contributed by atoms with E-state index in [0.717, 1.165) is 51.2 Å². The monoisotopic (exact) mass is 370 g/mol. The first-order valence-corrected chi connectivity index (χ1v) is 9.58. The van der Waals surface area contributed by atoms with E-state index in [9.17, 15) is 4.79 Å². The molecule has 1 aromatic heterocycles. The van der Waals surface area contributed by atoms with Gasteiger partial charge in [0.15, 0.2) is 0 Å². The number of hydrogen-bond donors (Lipinski definition) is 1. The number of aromatic nitrogens is 2. The largest absolute Gasteiger partial charge is 0.491 e. The van der Waals surface area contributed by atoms with Crippen molar-refractivity contribution in [3.8, 4) is 5.75 Å². The van der Waals surface area contributed by atoms with E-state index in [2.05, 4.69) is 27.3 Å². The molecule has 1 amide bonds. The van der Waals surface area contributed by atoms with Crippen LogP contribution < -0.4 is 10.1 Å². The minimum Gasteiger partial charge on any atom is -0.491 e. The summed E-state index contributed by atoms with van der Waals surface area (Å²) in [6.45, 7) is 4.78. The quantitative estimate of drug-likeness (QED) is 0.846. The minimum absolute atomic E-state index is 0.278. The Hall–Kier alpha value is -2.54. The van der Waals surface area contributed by atoms with E-state index in [1.54, 1.807) is 12.5 Å². The molecule has 7 nitrogen and oxygen atoms in total. The van der Waals surface area contributed by atoms with Crippen LogP contribution in [0.4, 0.5) is 4.79 Å². The summed E-state index contributed by atoms with van der Waals surface area (Å²) in [6.07, 6.45) is 8.05. The Kier molecular flexibility index (Phi) is 5.29. The summed E-state index contributed by atoms with van der Waals surface area (Å²) in [5.74, 6) is 0.936. The minimum atomic E-state index is -0.313. The molecule has 3 heterocycles. The summed E-state index contributed by atoms with van der Waals surface area (Å²) in [7, 11) is 0. The maximum absolute atomic E-state index is 11.5. The van der Waals surface area contributed by atoms with Gasteiger partial charge in [0.2, 0.25) is 0 Å². The molecule has 4 rings (SSSR count). The van der Waals surface area contributed by atoms with Crippen LogP contribution >= 0.6 is 0 Å². The van der Waals surface area contributed by atoms with Gasteiger partial charge >= 0.3 is 6.09 Å². The van der Waals surface area contributed by atoms with Crippen LogP contribution in [0.3, 0.4) is 0 Å². The first-order chi connectivity index (χ1) is 13.2. The number of likely N-dealkylation sites (tertiary alicyclic amines) is 1. The van der Waals surface area contributed by atoms with Crippen molar-refractivity contribution in [3.63, 3.8) is 0 Å². The number of nitrogens with zero attached hydrogens (tertiary/aromatic N) is 3. The van der Waals surface area contributed by atoms with Crippen LogP contribution in [0.5, 0.6) is 5.75 Å². The van der Waals surface area contributed by atoms with Crippen molar-refractivity contribution in [2.24, 2.45) is 0 Å². The normalized spacial score (nSPS) is 23.0. The first kappa shape index (κ1) is 17.9. The Morgan fingerprint density at radius 2 is 2.19 bits per heavy atom. The second kappa shape index (κ2) is 8.00.